The summed E-state index contributed by atoms with van der Waals surface area (Å²) in [5.41, 5.74) is 0.128. The van der Waals surface area contributed by atoms with Gasteiger partial charge in [0.25, 0.3) is 5.91 Å². The second-order valence-corrected chi connectivity index (χ2v) is 4.80. The van der Waals surface area contributed by atoms with Crippen molar-refractivity contribution >= 4 is 11.6 Å². The van der Waals surface area contributed by atoms with Gasteiger partial charge in [0.05, 0.1) is 0 Å². The topological polar surface area (TPSA) is 89.0 Å². The molecule has 2 aromatic carbocycles. The van der Waals surface area contributed by atoms with Gasteiger partial charge in [-0.15, -0.1) is 5.10 Å². The lowest BCUT2D eigenvalue weighted by molar-refractivity contribution is 0.101. The molecule has 0 atom stereocenters. The summed E-state index contributed by atoms with van der Waals surface area (Å²) in [5.74, 6) is 0.859. The number of benzene rings is 2. The lowest BCUT2D eigenvalue weighted by Crippen LogP contribution is -2.15. The highest BCUT2D eigenvalue weighted by Gasteiger charge is 2.12. The molecule has 116 valence electrons. The van der Waals surface area contributed by atoms with Crippen LogP contribution in [0.1, 0.15) is 10.6 Å². The number of ether oxygens (including phenoxy) is 1. The first-order chi connectivity index (χ1) is 11.1. The number of aromatic amines is 1. The molecule has 23 heavy (non-hydrogen) atoms. The van der Waals surface area contributed by atoms with Crippen LogP contribution in [0.5, 0.6) is 11.5 Å². The van der Waals surface area contributed by atoms with E-state index >= 15 is 0 Å². The first-order valence-corrected chi connectivity index (χ1v) is 6.89. The molecule has 0 saturated heterocycles. The predicted octanol–water partition coefficient (Wildman–Crippen LogP) is 2.15. The SMILES string of the molecule is Cn1nc(C(=O)Nc2ccc(Oc3ccccc3)cc2)[nH]c1=O. The molecule has 0 aliphatic rings. The number of amides is 1. The minimum absolute atomic E-state index is 0.0397. The summed E-state index contributed by atoms with van der Waals surface area (Å²) in [6.45, 7) is 0. The summed E-state index contributed by atoms with van der Waals surface area (Å²) in [6, 6.07) is 16.3. The fraction of sp³-hybridized carbons (Fsp3) is 0.0625. The number of nitrogens with zero attached hydrogens (tertiary/aromatic N) is 2. The number of H-pyrrole nitrogens is 1. The van der Waals surface area contributed by atoms with Gasteiger partial charge < -0.3 is 10.1 Å². The molecule has 0 fully saturated rings. The summed E-state index contributed by atoms with van der Waals surface area (Å²) in [6.07, 6.45) is 0. The monoisotopic (exact) mass is 310 g/mol. The highest BCUT2D eigenvalue weighted by Crippen LogP contribution is 2.22. The third-order valence-corrected chi connectivity index (χ3v) is 3.08. The molecule has 7 heteroatoms. The van der Waals surface area contributed by atoms with Crippen molar-refractivity contribution in [2.45, 2.75) is 0 Å². The smallest absolute Gasteiger partial charge is 0.343 e. The Labute approximate surface area is 131 Å². The molecule has 2 N–H and O–H groups in total. The van der Waals surface area contributed by atoms with Crippen LogP contribution < -0.4 is 15.7 Å². The van der Waals surface area contributed by atoms with Crippen molar-refractivity contribution in [3.05, 3.63) is 70.9 Å². The number of carbonyl (C=O) groups excluding carboxylic acids is 1. The number of aryl methyl sites for hydroxylation is 1. The Balaban J connectivity index is 1.67. The third kappa shape index (κ3) is 3.46. The minimum atomic E-state index is -0.487. The molecular weight excluding hydrogens is 296 g/mol. The zero-order chi connectivity index (χ0) is 16.2. The Kier molecular flexibility index (Phi) is 3.92. The van der Waals surface area contributed by atoms with E-state index in [0.29, 0.717) is 11.4 Å². The van der Waals surface area contributed by atoms with E-state index in [2.05, 4.69) is 15.4 Å². The van der Waals surface area contributed by atoms with Crippen molar-refractivity contribution in [1.29, 1.82) is 0 Å². The van der Waals surface area contributed by atoms with Crippen LogP contribution in [0.2, 0.25) is 0 Å². The Morgan fingerprint density at radius 2 is 1.74 bits per heavy atom. The number of rotatable bonds is 4. The van der Waals surface area contributed by atoms with Crippen molar-refractivity contribution in [2.24, 2.45) is 7.05 Å². The van der Waals surface area contributed by atoms with Crippen molar-refractivity contribution in [2.75, 3.05) is 5.32 Å². The van der Waals surface area contributed by atoms with Gasteiger partial charge in [0, 0.05) is 12.7 Å². The van der Waals surface area contributed by atoms with Gasteiger partial charge >= 0.3 is 5.69 Å². The van der Waals surface area contributed by atoms with Gasteiger partial charge in [-0.3, -0.25) is 9.78 Å². The van der Waals surface area contributed by atoms with Gasteiger partial charge in [-0.25, -0.2) is 9.48 Å². The first-order valence-electron chi connectivity index (χ1n) is 6.89. The lowest BCUT2D eigenvalue weighted by Gasteiger charge is -2.07. The Morgan fingerprint density at radius 3 is 2.35 bits per heavy atom. The van der Waals surface area contributed by atoms with Crippen LogP contribution >= 0.6 is 0 Å². The maximum Gasteiger partial charge on any atom is 0.343 e. The first kappa shape index (κ1) is 14.6. The lowest BCUT2D eigenvalue weighted by atomic mass is 10.3. The number of hydrogen-bond donors (Lipinski definition) is 2. The molecule has 0 radical (unpaired) electrons. The van der Waals surface area contributed by atoms with E-state index in [1.165, 1.54) is 7.05 Å². The average molecular weight is 310 g/mol. The molecule has 0 unspecified atom stereocenters. The number of anilines is 1. The van der Waals surface area contributed by atoms with E-state index in [-0.39, 0.29) is 5.82 Å². The summed E-state index contributed by atoms with van der Waals surface area (Å²) >= 11 is 0. The molecule has 3 aromatic rings. The summed E-state index contributed by atoms with van der Waals surface area (Å²) in [7, 11) is 1.46. The summed E-state index contributed by atoms with van der Waals surface area (Å²) in [4.78, 5) is 25.6. The Morgan fingerprint density at radius 1 is 1.09 bits per heavy atom. The fourth-order valence-corrected chi connectivity index (χ4v) is 1.93. The molecule has 0 spiro atoms. The van der Waals surface area contributed by atoms with Crippen LogP contribution in [0.3, 0.4) is 0 Å². The van der Waals surface area contributed by atoms with Crippen LogP contribution in [0.4, 0.5) is 5.69 Å². The van der Waals surface area contributed by atoms with Crippen LogP contribution in [-0.2, 0) is 7.05 Å². The second-order valence-electron chi connectivity index (χ2n) is 4.80. The maximum atomic E-state index is 12.0. The summed E-state index contributed by atoms with van der Waals surface area (Å²) < 4.78 is 6.73. The van der Waals surface area contributed by atoms with Crippen molar-refractivity contribution in [3.8, 4) is 11.5 Å². The number of hydrogen-bond acceptors (Lipinski definition) is 4. The van der Waals surface area contributed by atoms with Crippen LogP contribution in [0.15, 0.2) is 59.4 Å². The van der Waals surface area contributed by atoms with Crippen LogP contribution in [0, 0.1) is 0 Å². The van der Waals surface area contributed by atoms with Gasteiger partial charge in [-0.2, -0.15) is 0 Å². The van der Waals surface area contributed by atoms with Gasteiger partial charge in [-0.05, 0) is 36.4 Å². The molecule has 0 saturated carbocycles. The zero-order valence-electron chi connectivity index (χ0n) is 12.3. The molecule has 0 aliphatic heterocycles. The predicted molar refractivity (Wildman–Crippen MR) is 84.7 cm³/mol. The third-order valence-electron chi connectivity index (χ3n) is 3.08. The molecule has 0 aliphatic carbocycles. The largest absolute Gasteiger partial charge is 0.457 e. The molecule has 1 amide bonds. The molecule has 3 rings (SSSR count). The minimum Gasteiger partial charge on any atom is -0.457 e. The van der Waals surface area contributed by atoms with E-state index in [4.69, 9.17) is 4.74 Å². The highest BCUT2D eigenvalue weighted by atomic mass is 16.5. The number of para-hydroxylation sites is 1. The van der Waals surface area contributed by atoms with Gasteiger partial charge in [0.15, 0.2) is 0 Å². The van der Waals surface area contributed by atoms with Crippen LogP contribution in [0.25, 0.3) is 0 Å². The van der Waals surface area contributed by atoms with E-state index < -0.39 is 11.6 Å². The van der Waals surface area contributed by atoms with E-state index in [0.717, 1.165) is 10.4 Å². The average Bonchev–Trinajstić information content (AvgIpc) is 2.90. The Bertz CT molecular complexity index is 866. The fourth-order valence-electron chi connectivity index (χ4n) is 1.93. The Hall–Kier alpha value is -3.35. The van der Waals surface area contributed by atoms with Crippen LogP contribution in [-0.4, -0.2) is 20.7 Å². The van der Waals surface area contributed by atoms with E-state index in [1.807, 2.05) is 30.3 Å². The summed E-state index contributed by atoms with van der Waals surface area (Å²) in [5, 5.41) is 6.44. The van der Waals surface area contributed by atoms with E-state index in [9.17, 15) is 9.59 Å². The van der Waals surface area contributed by atoms with Crippen molar-refractivity contribution in [3.63, 3.8) is 0 Å². The van der Waals surface area contributed by atoms with Gasteiger partial charge in [0.2, 0.25) is 5.82 Å². The van der Waals surface area contributed by atoms with Gasteiger partial charge in [-0.1, -0.05) is 18.2 Å². The normalized spacial score (nSPS) is 10.3. The maximum absolute atomic E-state index is 12.0. The molecule has 7 nitrogen and oxygen atoms in total. The standard InChI is InChI=1S/C16H14N4O3/c1-20-16(22)18-14(19-20)15(21)17-11-7-9-13(10-8-11)23-12-5-3-2-4-6-12/h2-10H,1H3,(H,17,21)(H,18,19,22). The van der Waals surface area contributed by atoms with Crippen molar-refractivity contribution < 1.29 is 9.53 Å². The molecule has 1 heterocycles. The second kappa shape index (κ2) is 6.18. The highest BCUT2D eigenvalue weighted by molar-refractivity contribution is 6.01. The molecule has 1 aromatic heterocycles. The number of aromatic nitrogens is 3. The van der Waals surface area contributed by atoms with Crippen molar-refractivity contribution in [1.82, 2.24) is 14.8 Å². The molecular formula is C16H14N4O3. The number of carbonyl (C=O) groups is 1. The van der Waals surface area contributed by atoms with E-state index in [1.54, 1.807) is 24.3 Å². The zero-order valence-corrected chi connectivity index (χ0v) is 12.3. The molecule has 0 bridgehead atoms. The quantitative estimate of drug-likeness (QED) is 0.772. The number of nitrogens with one attached hydrogen (secondary N) is 2. The van der Waals surface area contributed by atoms with Gasteiger partial charge in [0.1, 0.15) is 11.5 Å².